The molecule has 0 N–H and O–H groups in total. The summed E-state index contributed by atoms with van der Waals surface area (Å²) in [5.41, 5.74) is 2.38. The van der Waals surface area contributed by atoms with E-state index >= 15 is 0 Å². The maximum Gasteiger partial charge on any atom is 0.104 e. The van der Waals surface area contributed by atoms with Gasteiger partial charge in [0.1, 0.15) is 5.01 Å². The molecule has 0 radical (unpaired) electrons. The van der Waals surface area contributed by atoms with Crippen LogP contribution in [0.1, 0.15) is 29.1 Å². The van der Waals surface area contributed by atoms with Gasteiger partial charge in [-0.3, -0.25) is 0 Å². The van der Waals surface area contributed by atoms with Gasteiger partial charge >= 0.3 is 0 Å². The van der Waals surface area contributed by atoms with Crippen LogP contribution in [0.3, 0.4) is 0 Å². The summed E-state index contributed by atoms with van der Waals surface area (Å²) in [6.07, 6.45) is 1.99. The molecule has 1 fully saturated rings. The number of ether oxygens (including phenoxy) is 2. The molecule has 1 aromatic carbocycles. The van der Waals surface area contributed by atoms with Gasteiger partial charge in [0.05, 0.1) is 17.7 Å². The summed E-state index contributed by atoms with van der Waals surface area (Å²) < 4.78 is 10.8. The highest BCUT2D eigenvalue weighted by Crippen LogP contribution is 2.42. The molecule has 1 aliphatic heterocycles. The van der Waals surface area contributed by atoms with Crippen molar-refractivity contribution in [2.45, 2.75) is 24.9 Å². The minimum absolute atomic E-state index is 0.0101. The zero-order valence-electron chi connectivity index (χ0n) is 11.7. The highest BCUT2D eigenvalue weighted by Gasteiger charge is 2.38. The van der Waals surface area contributed by atoms with E-state index in [0.717, 1.165) is 31.7 Å². The molecule has 0 amide bonds. The molecule has 1 aliphatic rings. The second kappa shape index (κ2) is 6.04. The Kier molecular flexibility index (Phi) is 4.15. The van der Waals surface area contributed by atoms with Gasteiger partial charge in [-0.15, -0.1) is 11.3 Å². The maximum absolute atomic E-state index is 5.57. The van der Waals surface area contributed by atoms with Crippen LogP contribution >= 0.6 is 11.3 Å². The average Bonchev–Trinajstić information content (AvgIpc) is 2.98. The largest absolute Gasteiger partial charge is 0.381 e. The molecule has 0 unspecified atom stereocenters. The standard InChI is InChI=1S/C16H19NO2S/c1-18-11-14-12-20-15(17-14)16(7-9-19-10-8-16)13-5-3-2-4-6-13/h2-6,12H,7-11H2,1H3. The van der Waals surface area contributed by atoms with Gasteiger partial charge in [0.15, 0.2) is 0 Å². The monoisotopic (exact) mass is 289 g/mol. The van der Waals surface area contributed by atoms with E-state index in [9.17, 15) is 0 Å². The third-order valence-corrected chi connectivity index (χ3v) is 5.02. The van der Waals surface area contributed by atoms with Crippen LogP contribution in [-0.4, -0.2) is 25.3 Å². The van der Waals surface area contributed by atoms with Crippen molar-refractivity contribution in [2.75, 3.05) is 20.3 Å². The Morgan fingerprint density at radius 1 is 1.25 bits per heavy atom. The van der Waals surface area contributed by atoms with Crippen molar-refractivity contribution in [3.63, 3.8) is 0 Å². The van der Waals surface area contributed by atoms with Crippen molar-refractivity contribution in [3.05, 3.63) is 52.0 Å². The van der Waals surface area contributed by atoms with E-state index in [1.165, 1.54) is 10.6 Å². The Morgan fingerprint density at radius 3 is 2.70 bits per heavy atom. The van der Waals surface area contributed by atoms with Gasteiger partial charge in [0, 0.05) is 25.7 Å². The van der Waals surface area contributed by atoms with Crippen molar-refractivity contribution in [3.8, 4) is 0 Å². The first-order valence-corrected chi connectivity index (χ1v) is 7.80. The van der Waals surface area contributed by atoms with Crippen molar-refractivity contribution in [1.82, 2.24) is 4.98 Å². The number of rotatable bonds is 4. The first kappa shape index (κ1) is 13.7. The Labute approximate surface area is 123 Å². The highest BCUT2D eigenvalue weighted by atomic mass is 32.1. The first-order chi connectivity index (χ1) is 9.85. The molecule has 0 spiro atoms. The van der Waals surface area contributed by atoms with Gasteiger partial charge in [0.2, 0.25) is 0 Å². The lowest BCUT2D eigenvalue weighted by molar-refractivity contribution is 0.0629. The third kappa shape index (κ3) is 2.51. The van der Waals surface area contributed by atoms with Crippen molar-refractivity contribution >= 4 is 11.3 Å². The fourth-order valence-corrected chi connectivity index (χ4v) is 3.93. The molecular formula is C16H19NO2S. The van der Waals surface area contributed by atoms with E-state index in [2.05, 4.69) is 35.7 Å². The van der Waals surface area contributed by atoms with E-state index in [0.29, 0.717) is 6.61 Å². The van der Waals surface area contributed by atoms with Crippen LogP contribution in [0.25, 0.3) is 0 Å². The Hall–Kier alpha value is -1.23. The van der Waals surface area contributed by atoms with Crippen LogP contribution in [-0.2, 0) is 21.5 Å². The minimum Gasteiger partial charge on any atom is -0.381 e. The van der Waals surface area contributed by atoms with Crippen LogP contribution in [0.2, 0.25) is 0 Å². The van der Waals surface area contributed by atoms with Gasteiger partial charge in [-0.2, -0.15) is 0 Å². The summed E-state index contributed by atoms with van der Waals surface area (Å²) in [5.74, 6) is 0. The van der Waals surface area contributed by atoms with Gasteiger partial charge in [-0.25, -0.2) is 4.98 Å². The molecule has 0 bridgehead atoms. The summed E-state index contributed by atoms with van der Waals surface area (Å²) in [4.78, 5) is 4.81. The summed E-state index contributed by atoms with van der Waals surface area (Å²) in [5, 5.41) is 3.30. The van der Waals surface area contributed by atoms with Crippen LogP contribution < -0.4 is 0 Å². The summed E-state index contributed by atoms with van der Waals surface area (Å²) in [6, 6.07) is 10.7. The number of thiazole rings is 1. The molecule has 3 nitrogen and oxygen atoms in total. The lowest BCUT2D eigenvalue weighted by Gasteiger charge is -2.36. The van der Waals surface area contributed by atoms with E-state index in [1.54, 1.807) is 18.4 Å². The second-order valence-corrected chi connectivity index (χ2v) is 6.00. The third-order valence-electron chi connectivity index (χ3n) is 3.93. The number of nitrogens with zero attached hydrogens (tertiary/aromatic N) is 1. The molecule has 106 valence electrons. The lowest BCUT2D eigenvalue weighted by atomic mass is 9.74. The quantitative estimate of drug-likeness (QED) is 0.864. The van der Waals surface area contributed by atoms with E-state index < -0.39 is 0 Å². The number of benzene rings is 1. The Bertz CT molecular complexity index is 547. The normalized spacial score (nSPS) is 18.1. The Morgan fingerprint density at radius 2 is 2.00 bits per heavy atom. The van der Waals surface area contributed by atoms with Crippen LogP contribution in [0.15, 0.2) is 35.7 Å². The molecule has 0 aliphatic carbocycles. The zero-order valence-corrected chi connectivity index (χ0v) is 12.5. The smallest absolute Gasteiger partial charge is 0.104 e. The van der Waals surface area contributed by atoms with Crippen LogP contribution in [0, 0.1) is 0 Å². The fourth-order valence-electron chi connectivity index (χ4n) is 2.84. The average molecular weight is 289 g/mol. The topological polar surface area (TPSA) is 31.4 Å². The van der Waals surface area contributed by atoms with E-state index in [4.69, 9.17) is 14.5 Å². The molecule has 2 heterocycles. The highest BCUT2D eigenvalue weighted by molar-refractivity contribution is 7.09. The predicted molar refractivity (Wildman–Crippen MR) is 80.1 cm³/mol. The van der Waals surface area contributed by atoms with Gasteiger partial charge in [0.25, 0.3) is 0 Å². The number of methoxy groups -OCH3 is 1. The van der Waals surface area contributed by atoms with Crippen molar-refractivity contribution < 1.29 is 9.47 Å². The predicted octanol–water partition coefficient (Wildman–Crippen LogP) is 3.39. The maximum atomic E-state index is 5.57. The molecule has 0 atom stereocenters. The molecule has 0 saturated carbocycles. The second-order valence-electron chi connectivity index (χ2n) is 5.14. The zero-order chi connectivity index (χ0) is 13.8. The molecule has 1 saturated heterocycles. The SMILES string of the molecule is COCc1csc(C2(c3ccccc3)CCOCC2)n1. The molecule has 3 rings (SSSR count). The fraction of sp³-hybridized carbons (Fsp3) is 0.438. The number of hydrogen-bond donors (Lipinski definition) is 0. The van der Waals surface area contributed by atoms with E-state index in [1.807, 2.05) is 0 Å². The van der Waals surface area contributed by atoms with Crippen molar-refractivity contribution in [1.29, 1.82) is 0 Å². The molecule has 20 heavy (non-hydrogen) atoms. The van der Waals surface area contributed by atoms with Gasteiger partial charge < -0.3 is 9.47 Å². The summed E-state index contributed by atoms with van der Waals surface area (Å²) >= 11 is 1.74. The molecular weight excluding hydrogens is 270 g/mol. The molecule has 4 heteroatoms. The van der Waals surface area contributed by atoms with Crippen LogP contribution in [0.5, 0.6) is 0 Å². The number of aromatic nitrogens is 1. The summed E-state index contributed by atoms with van der Waals surface area (Å²) in [6.45, 7) is 2.18. The van der Waals surface area contributed by atoms with Crippen LogP contribution in [0.4, 0.5) is 0 Å². The van der Waals surface area contributed by atoms with Crippen molar-refractivity contribution in [2.24, 2.45) is 0 Å². The first-order valence-electron chi connectivity index (χ1n) is 6.92. The van der Waals surface area contributed by atoms with Gasteiger partial charge in [-0.1, -0.05) is 30.3 Å². The van der Waals surface area contributed by atoms with Gasteiger partial charge in [-0.05, 0) is 18.4 Å². The molecule has 2 aromatic rings. The summed E-state index contributed by atoms with van der Waals surface area (Å²) in [7, 11) is 1.71. The lowest BCUT2D eigenvalue weighted by Crippen LogP contribution is -2.35. The van der Waals surface area contributed by atoms with E-state index in [-0.39, 0.29) is 5.41 Å². The molecule has 1 aromatic heterocycles. The minimum atomic E-state index is 0.0101. The Balaban J connectivity index is 2.00. The number of hydrogen-bond acceptors (Lipinski definition) is 4.